The van der Waals surface area contributed by atoms with E-state index in [9.17, 15) is 9.59 Å². The number of nitrogens with zero attached hydrogens (tertiary/aromatic N) is 2. The molecule has 2 aromatic rings. The number of aryl methyl sites for hydroxylation is 1. The molecule has 0 saturated heterocycles. The summed E-state index contributed by atoms with van der Waals surface area (Å²) in [7, 11) is 0. The maximum atomic E-state index is 12.7. The Morgan fingerprint density at radius 2 is 1.83 bits per heavy atom. The van der Waals surface area contributed by atoms with E-state index in [1.54, 1.807) is 6.20 Å². The maximum absolute atomic E-state index is 12.7. The van der Waals surface area contributed by atoms with Crippen molar-refractivity contribution in [3.8, 4) is 5.69 Å². The summed E-state index contributed by atoms with van der Waals surface area (Å²) in [6.07, 6.45) is 7.67. The van der Waals surface area contributed by atoms with Crippen LogP contribution in [-0.2, 0) is 4.79 Å². The summed E-state index contributed by atoms with van der Waals surface area (Å²) < 4.78 is 1.83. The van der Waals surface area contributed by atoms with Gasteiger partial charge in [-0.25, -0.2) is 4.68 Å². The minimum absolute atomic E-state index is 0.0108. The number of carbonyl (C=O) groups is 2. The first-order valence-corrected chi connectivity index (χ1v) is 10.7. The smallest absolute Gasteiger partial charge is 0.254 e. The van der Waals surface area contributed by atoms with Crippen LogP contribution >= 0.6 is 0 Å². The van der Waals surface area contributed by atoms with Gasteiger partial charge in [0.05, 0.1) is 23.1 Å². The molecule has 29 heavy (non-hydrogen) atoms. The van der Waals surface area contributed by atoms with Gasteiger partial charge in [-0.1, -0.05) is 50.8 Å². The van der Waals surface area contributed by atoms with Gasteiger partial charge in [0.25, 0.3) is 5.91 Å². The van der Waals surface area contributed by atoms with Crippen molar-refractivity contribution in [2.24, 2.45) is 0 Å². The molecular weight excluding hydrogens is 364 g/mol. The summed E-state index contributed by atoms with van der Waals surface area (Å²) in [6, 6.07) is 8.38. The van der Waals surface area contributed by atoms with Crippen molar-refractivity contribution < 1.29 is 9.59 Å². The molecule has 1 heterocycles. The van der Waals surface area contributed by atoms with Gasteiger partial charge in [0.1, 0.15) is 0 Å². The van der Waals surface area contributed by atoms with Crippen LogP contribution in [0.3, 0.4) is 0 Å². The lowest BCUT2D eigenvalue weighted by Gasteiger charge is -2.22. The van der Waals surface area contributed by atoms with Crippen molar-refractivity contribution in [2.75, 3.05) is 6.54 Å². The van der Waals surface area contributed by atoms with E-state index in [4.69, 9.17) is 0 Å². The quantitative estimate of drug-likeness (QED) is 0.746. The predicted octanol–water partition coefficient (Wildman–Crippen LogP) is 3.87. The van der Waals surface area contributed by atoms with Gasteiger partial charge in [0.15, 0.2) is 0 Å². The fraction of sp³-hybridized carbons (Fsp3) is 0.522. The van der Waals surface area contributed by atoms with E-state index < -0.39 is 0 Å². The second-order valence-corrected chi connectivity index (χ2v) is 8.25. The van der Waals surface area contributed by atoms with E-state index in [1.807, 2.05) is 35.9 Å². The Kier molecular flexibility index (Phi) is 7.07. The molecule has 0 atom stereocenters. The maximum Gasteiger partial charge on any atom is 0.254 e. The third-order valence-corrected chi connectivity index (χ3v) is 5.48. The van der Waals surface area contributed by atoms with Gasteiger partial charge in [-0.3, -0.25) is 9.59 Å². The predicted molar refractivity (Wildman–Crippen MR) is 114 cm³/mol. The van der Waals surface area contributed by atoms with Gasteiger partial charge in [-0.05, 0) is 37.8 Å². The van der Waals surface area contributed by atoms with Crippen LogP contribution in [0, 0.1) is 6.92 Å². The molecule has 2 N–H and O–H groups in total. The largest absolute Gasteiger partial charge is 0.353 e. The zero-order valence-corrected chi connectivity index (χ0v) is 17.7. The lowest BCUT2D eigenvalue weighted by molar-refractivity contribution is -0.121. The summed E-state index contributed by atoms with van der Waals surface area (Å²) >= 11 is 0. The molecule has 1 aliphatic rings. The van der Waals surface area contributed by atoms with E-state index in [0.29, 0.717) is 24.6 Å². The van der Waals surface area contributed by atoms with E-state index in [0.717, 1.165) is 24.2 Å². The van der Waals surface area contributed by atoms with Gasteiger partial charge >= 0.3 is 0 Å². The van der Waals surface area contributed by atoms with Gasteiger partial charge in [-0.15, -0.1) is 0 Å². The molecule has 1 aromatic heterocycles. The Balaban J connectivity index is 1.60. The van der Waals surface area contributed by atoms with Crippen LogP contribution in [0.25, 0.3) is 5.69 Å². The van der Waals surface area contributed by atoms with Crippen LogP contribution in [0.2, 0.25) is 0 Å². The van der Waals surface area contributed by atoms with Crippen LogP contribution in [0.4, 0.5) is 0 Å². The van der Waals surface area contributed by atoms with E-state index in [-0.39, 0.29) is 17.7 Å². The molecule has 1 saturated carbocycles. The average molecular weight is 397 g/mol. The van der Waals surface area contributed by atoms with Crippen molar-refractivity contribution in [3.63, 3.8) is 0 Å². The molecule has 0 spiro atoms. The van der Waals surface area contributed by atoms with E-state index in [2.05, 4.69) is 29.6 Å². The second kappa shape index (κ2) is 9.72. The zero-order valence-electron chi connectivity index (χ0n) is 17.7. The number of hydrogen-bond donors (Lipinski definition) is 2. The summed E-state index contributed by atoms with van der Waals surface area (Å²) in [5.41, 5.74) is 3.55. The van der Waals surface area contributed by atoms with Crippen molar-refractivity contribution >= 4 is 11.8 Å². The molecule has 3 rings (SSSR count). The number of hydrogen-bond acceptors (Lipinski definition) is 3. The Morgan fingerprint density at radius 1 is 1.14 bits per heavy atom. The minimum atomic E-state index is -0.183. The highest BCUT2D eigenvalue weighted by Gasteiger charge is 2.21. The van der Waals surface area contributed by atoms with Crippen LogP contribution in [0.15, 0.2) is 30.5 Å². The molecule has 0 aliphatic heterocycles. The van der Waals surface area contributed by atoms with Gasteiger partial charge < -0.3 is 10.6 Å². The SMILES string of the molecule is Cc1ccc(-n2ncc(C(=O)NCCC(=O)NC3CCCCC3)c2C(C)C)cc1. The number of aromatic nitrogens is 2. The highest BCUT2D eigenvalue weighted by Crippen LogP contribution is 2.23. The fourth-order valence-electron chi connectivity index (χ4n) is 3.91. The van der Waals surface area contributed by atoms with Crippen LogP contribution in [-0.4, -0.2) is 34.2 Å². The number of benzene rings is 1. The molecule has 6 heteroatoms. The molecular formula is C23H32N4O2. The molecule has 1 fully saturated rings. The first kappa shape index (κ1) is 21.1. The van der Waals surface area contributed by atoms with E-state index >= 15 is 0 Å². The van der Waals surface area contributed by atoms with Crippen molar-refractivity contribution in [1.29, 1.82) is 0 Å². The van der Waals surface area contributed by atoms with Gasteiger partial charge in [0, 0.05) is 19.0 Å². The molecule has 0 bridgehead atoms. The Labute approximate surface area is 173 Å². The number of carbonyl (C=O) groups excluding carboxylic acids is 2. The highest BCUT2D eigenvalue weighted by molar-refractivity contribution is 5.95. The first-order valence-electron chi connectivity index (χ1n) is 10.7. The number of amides is 2. The van der Waals surface area contributed by atoms with Crippen molar-refractivity contribution in [2.45, 2.75) is 71.3 Å². The standard InChI is InChI=1S/C23H32N4O2/c1-16(2)22-20(15-25-27(22)19-11-9-17(3)10-12-19)23(29)24-14-13-21(28)26-18-7-5-4-6-8-18/h9-12,15-16,18H,4-8,13-14H2,1-3H3,(H,24,29)(H,26,28). The highest BCUT2D eigenvalue weighted by atomic mass is 16.2. The van der Waals surface area contributed by atoms with Crippen molar-refractivity contribution in [1.82, 2.24) is 20.4 Å². The summed E-state index contributed by atoms with van der Waals surface area (Å²) in [4.78, 5) is 24.9. The molecule has 0 unspecified atom stereocenters. The zero-order chi connectivity index (χ0) is 20.8. The number of rotatable bonds is 7. The van der Waals surface area contributed by atoms with Gasteiger partial charge in [0.2, 0.25) is 5.91 Å². The lowest BCUT2D eigenvalue weighted by atomic mass is 9.95. The lowest BCUT2D eigenvalue weighted by Crippen LogP contribution is -2.38. The molecule has 1 aliphatic carbocycles. The number of nitrogens with one attached hydrogen (secondary N) is 2. The normalized spacial score (nSPS) is 14.8. The Hall–Kier alpha value is -2.63. The Bertz CT molecular complexity index is 833. The summed E-state index contributed by atoms with van der Waals surface area (Å²) in [5, 5.41) is 10.4. The Morgan fingerprint density at radius 3 is 2.48 bits per heavy atom. The first-order chi connectivity index (χ1) is 14.0. The van der Waals surface area contributed by atoms with Crippen LogP contribution in [0.1, 0.15) is 79.9 Å². The van der Waals surface area contributed by atoms with Crippen molar-refractivity contribution in [3.05, 3.63) is 47.3 Å². The average Bonchev–Trinajstić information content (AvgIpc) is 3.15. The molecule has 1 aromatic carbocycles. The molecule has 156 valence electrons. The third kappa shape index (κ3) is 5.46. The fourth-order valence-corrected chi connectivity index (χ4v) is 3.91. The second-order valence-electron chi connectivity index (χ2n) is 8.25. The van der Waals surface area contributed by atoms with Crippen LogP contribution in [0.5, 0.6) is 0 Å². The van der Waals surface area contributed by atoms with Gasteiger partial charge in [-0.2, -0.15) is 5.10 Å². The summed E-state index contributed by atoms with van der Waals surface area (Å²) in [6.45, 7) is 6.47. The minimum Gasteiger partial charge on any atom is -0.353 e. The molecule has 0 radical (unpaired) electrons. The molecule has 2 amide bonds. The van der Waals surface area contributed by atoms with E-state index in [1.165, 1.54) is 24.8 Å². The topological polar surface area (TPSA) is 76.0 Å². The summed E-state index contributed by atoms with van der Waals surface area (Å²) in [5.74, 6) is -0.0386. The third-order valence-electron chi connectivity index (χ3n) is 5.48. The molecule has 6 nitrogen and oxygen atoms in total. The van der Waals surface area contributed by atoms with Crippen LogP contribution < -0.4 is 10.6 Å². The monoisotopic (exact) mass is 396 g/mol.